The molecule has 4 rings (SSSR count). The van der Waals surface area contributed by atoms with Crippen LogP contribution in [0.3, 0.4) is 0 Å². The van der Waals surface area contributed by atoms with E-state index in [4.69, 9.17) is 0 Å². The van der Waals surface area contributed by atoms with Crippen molar-refractivity contribution in [3.63, 3.8) is 0 Å². The molecule has 1 atom stereocenters. The largest absolute Gasteiger partial charge is 0.326 e. The molecular weight excluding hydrogens is 438 g/mol. The minimum Gasteiger partial charge on any atom is -0.326 e. The fraction of sp³-hybridized carbons (Fsp3) is 0.200. The van der Waals surface area contributed by atoms with Crippen LogP contribution in [0.4, 0.5) is 11.4 Å². The van der Waals surface area contributed by atoms with Gasteiger partial charge in [-0.2, -0.15) is 4.72 Å². The molecule has 0 saturated heterocycles. The quantitative estimate of drug-likeness (QED) is 0.516. The van der Waals surface area contributed by atoms with Crippen LogP contribution in [-0.4, -0.2) is 20.2 Å². The highest BCUT2D eigenvalue weighted by atomic mass is 32.2. The Balaban J connectivity index is 1.66. The smallest absolute Gasteiger partial charge is 0.247 e. The van der Waals surface area contributed by atoms with Crippen molar-refractivity contribution >= 4 is 33.2 Å². The Morgan fingerprint density at radius 3 is 2.33 bits per heavy atom. The van der Waals surface area contributed by atoms with Gasteiger partial charge in [-0.3, -0.25) is 9.59 Å². The number of nitrogens with one attached hydrogen (secondary N) is 3. The first kappa shape index (κ1) is 22.7. The van der Waals surface area contributed by atoms with Crippen molar-refractivity contribution in [2.45, 2.75) is 37.6 Å². The van der Waals surface area contributed by atoms with Gasteiger partial charge in [-0.15, -0.1) is 0 Å². The lowest BCUT2D eigenvalue weighted by molar-refractivity contribution is -0.118. The Morgan fingerprint density at radius 1 is 0.939 bits per heavy atom. The molecule has 1 aliphatic heterocycles. The van der Waals surface area contributed by atoms with Gasteiger partial charge in [-0.25, -0.2) is 8.42 Å². The summed E-state index contributed by atoms with van der Waals surface area (Å²) in [5.41, 5.74) is 4.30. The van der Waals surface area contributed by atoms with Crippen molar-refractivity contribution in [3.05, 3.63) is 89.0 Å². The van der Waals surface area contributed by atoms with Crippen LogP contribution < -0.4 is 15.4 Å². The van der Waals surface area contributed by atoms with Gasteiger partial charge < -0.3 is 10.6 Å². The molecule has 8 heteroatoms. The molecule has 0 saturated carbocycles. The number of hydrogen-bond donors (Lipinski definition) is 3. The Hall–Kier alpha value is -3.49. The Morgan fingerprint density at radius 2 is 1.64 bits per heavy atom. The molecule has 2 amide bonds. The van der Waals surface area contributed by atoms with E-state index < -0.39 is 22.0 Å². The third-order valence-corrected chi connectivity index (χ3v) is 7.10. The van der Waals surface area contributed by atoms with Crippen molar-refractivity contribution in [3.8, 4) is 0 Å². The van der Waals surface area contributed by atoms with Gasteiger partial charge in [0.25, 0.3) is 0 Å². The van der Waals surface area contributed by atoms with E-state index in [2.05, 4.69) is 15.4 Å². The summed E-state index contributed by atoms with van der Waals surface area (Å²) in [5.74, 6) is -0.573. The number of hydrogen-bond acceptors (Lipinski definition) is 4. The first-order valence-electron chi connectivity index (χ1n) is 10.6. The van der Waals surface area contributed by atoms with E-state index in [9.17, 15) is 18.0 Å². The van der Waals surface area contributed by atoms with Crippen LogP contribution in [0.15, 0.2) is 71.6 Å². The molecule has 0 aromatic heterocycles. The zero-order chi connectivity index (χ0) is 23.6. The summed E-state index contributed by atoms with van der Waals surface area (Å²) in [6.45, 7) is 3.77. The number of aryl methyl sites for hydroxylation is 3. The second-order valence-electron chi connectivity index (χ2n) is 8.09. The number of para-hydroxylation sites is 1. The molecule has 0 spiro atoms. The van der Waals surface area contributed by atoms with Crippen molar-refractivity contribution in [1.82, 2.24) is 4.72 Å². The summed E-state index contributed by atoms with van der Waals surface area (Å²) in [4.78, 5) is 24.9. The van der Waals surface area contributed by atoms with E-state index in [-0.39, 0.29) is 10.8 Å². The van der Waals surface area contributed by atoms with Gasteiger partial charge in [0.2, 0.25) is 21.8 Å². The van der Waals surface area contributed by atoms with Crippen LogP contribution in [0.2, 0.25) is 0 Å². The molecule has 1 unspecified atom stereocenters. The standard InChI is InChI=1S/C25H25N3O4S/c1-16-7-6-8-17(2)23(16)27-25(30)24(18-9-4-3-5-10-18)28-33(31,32)20-12-13-21-19(15-20)11-14-22(29)26-21/h3-10,12-13,15,24,28H,11,14H2,1-2H3,(H,26,29)(H,27,30). The lowest BCUT2D eigenvalue weighted by Gasteiger charge is -2.22. The minimum atomic E-state index is -4.04. The zero-order valence-electron chi connectivity index (χ0n) is 18.4. The van der Waals surface area contributed by atoms with E-state index in [1.807, 2.05) is 32.0 Å². The van der Waals surface area contributed by atoms with Gasteiger partial charge in [-0.1, -0.05) is 48.5 Å². The minimum absolute atomic E-state index is 0.0400. The van der Waals surface area contributed by atoms with Gasteiger partial charge in [0, 0.05) is 17.8 Å². The second-order valence-corrected chi connectivity index (χ2v) is 9.80. The highest BCUT2D eigenvalue weighted by molar-refractivity contribution is 7.89. The summed E-state index contributed by atoms with van der Waals surface area (Å²) in [5, 5.41) is 5.64. The predicted molar refractivity (Wildman–Crippen MR) is 127 cm³/mol. The van der Waals surface area contributed by atoms with E-state index in [0.717, 1.165) is 16.7 Å². The van der Waals surface area contributed by atoms with Gasteiger partial charge in [0.15, 0.2) is 0 Å². The topological polar surface area (TPSA) is 104 Å². The van der Waals surface area contributed by atoms with Gasteiger partial charge in [0.05, 0.1) is 4.90 Å². The molecule has 3 aromatic carbocycles. The van der Waals surface area contributed by atoms with Crippen molar-refractivity contribution < 1.29 is 18.0 Å². The predicted octanol–water partition coefficient (Wildman–Crippen LogP) is 3.85. The van der Waals surface area contributed by atoms with Crippen molar-refractivity contribution in [2.24, 2.45) is 0 Å². The van der Waals surface area contributed by atoms with Crippen LogP contribution in [0.5, 0.6) is 0 Å². The fourth-order valence-electron chi connectivity index (χ4n) is 3.88. The lowest BCUT2D eigenvalue weighted by Crippen LogP contribution is -2.37. The first-order chi connectivity index (χ1) is 15.7. The molecule has 3 N–H and O–H groups in total. The van der Waals surface area contributed by atoms with Gasteiger partial charge in [-0.05, 0) is 60.7 Å². The molecule has 7 nitrogen and oxygen atoms in total. The summed E-state index contributed by atoms with van der Waals surface area (Å²) in [6, 6.07) is 17.8. The monoisotopic (exact) mass is 463 g/mol. The van der Waals surface area contributed by atoms with Gasteiger partial charge >= 0.3 is 0 Å². The van der Waals surface area contributed by atoms with E-state index in [1.165, 1.54) is 6.07 Å². The Kier molecular flexibility index (Phi) is 6.31. The SMILES string of the molecule is Cc1cccc(C)c1NC(=O)C(NS(=O)(=O)c1ccc2c(c1)CCC(=O)N2)c1ccccc1. The Bertz CT molecular complexity index is 1300. The average molecular weight is 464 g/mol. The molecular formula is C25H25N3O4S. The summed E-state index contributed by atoms with van der Waals surface area (Å²) >= 11 is 0. The van der Waals surface area contributed by atoms with E-state index in [1.54, 1.807) is 42.5 Å². The molecule has 33 heavy (non-hydrogen) atoms. The normalized spacial score (nSPS) is 14.2. The van der Waals surface area contributed by atoms with Crippen LogP contribution >= 0.6 is 0 Å². The van der Waals surface area contributed by atoms with E-state index >= 15 is 0 Å². The number of amides is 2. The Labute approximate surface area is 193 Å². The number of rotatable bonds is 6. The fourth-order valence-corrected chi connectivity index (χ4v) is 5.11. The molecule has 0 bridgehead atoms. The summed E-state index contributed by atoms with van der Waals surface area (Å²) in [6.07, 6.45) is 0.758. The molecule has 0 radical (unpaired) electrons. The molecule has 0 aliphatic carbocycles. The second kappa shape index (κ2) is 9.17. The van der Waals surface area contributed by atoms with Crippen LogP contribution in [0.1, 0.15) is 34.7 Å². The number of anilines is 2. The molecule has 1 aliphatic rings. The lowest BCUT2D eigenvalue weighted by atomic mass is 10.0. The maximum atomic E-state index is 13.3. The maximum absolute atomic E-state index is 13.3. The number of carbonyl (C=O) groups is 2. The molecule has 3 aromatic rings. The van der Waals surface area contributed by atoms with Gasteiger partial charge in [0.1, 0.15) is 6.04 Å². The number of benzene rings is 3. The molecule has 1 heterocycles. The first-order valence-corrected chi connectivity index (χ1v) is 12.1. The number of carbonyl (C=O) groups excluding carboxylic acids is 2. The highest BCUT2D eigenvalue weighted by Crippen LogP contribution is 2.27. The van der Waals surface area contributed by atoms with E-state index in [0.29, 0.717) is 29.8 Å². The highest BCUT2D eigenvalue weighted by Gasteiger charge is 2.29. The molecule has 0 fully saturated rings. The van der Waals surface area contributed by atoms with Crippen LogP contribution in [0, 0.1) is 13.8 Å². The zero-order valence-corrected chi connectivity index (χ0v) is 19.2. The maximum Gasteiger partial charge on any atom is 0.247 e. The number of sulfonamides is 1. The summed E-state index contributed by atoms with van der Waals surface area (Å²) < 4.78 is 29.1. The third-order valence-electron chi connectivity index (χ3n) is 5.68. The van der Waals surface area contributed by atoms with Crippen LogP contribution in [-0.2, 0) is 26.0 Å². The van der Waals surface area contributed by atoms with Crippen molar-refractivity contribution in [1.29, 1.82) is 0 Å². The van der Waals surface area contributed by atoms with Crippen LogP contribution in [0.25, 0.3) is 0 Å². The number of fused-ring (bicyclic) bond motifs is 1. The summed E-state index contributed by atoms with van der Waals surface area (Å²) in [7, 11) is -4.04. The average Bonchev–Trinajstić information content (AvgIpc) is 2.80. The van der Waals surface area contributed by atoms with Crippen molar-refractivity contribution in [2.75, 3.05) is 10.6 Å². The third kappa shape index (κ3) is 4.97. The molecule has 170 valence electrons.